The van der Waals surface area contributed by atoms with Gasteiger partial charge in [0, 0.05) is 19.9 Å². The van der Waals surface area contributed by atoms with Crippen LogP contribution in [0.1, 0.15) is 39.0 Å². The lowest BCUT2D eigenvalue weighted by atomic mass is 10.3. The molecule has 0 aromatic carbocycles. The van der Waals surface area contributed by atoms with Gasteiger partial charge in [0.2, 0.25) is 0 Å². The van der Waals surface area contributed by atoms with Gasteiger partial charge in [-0.2, -0.15) is 0 Å². The van der Waals surface area contributed by atoms with Crippen molar-refractivity contribution in [2.24, 2.45) is 0 Å². The fourth-order valence-corrected chi connectivity index (χ4v) is 2.30. The van der Waals surface area contributed by atoms with Crippen molar-refractivity contribution in [3.05, 3.63) is 15.6 Å². The Hall–Kier alpha value is -1.27. The molecule has 1 aromatic rings. The number of hydrogen-bond donors (Lipinski definition) is 0. The van der Waals surface area contributed by atoms with Crippen LogP contribution in [-0.4, -0.2) is 48.9 Å². The van der Waals surface area contributed by atoms with Gasteiger partial charge in [-0.05, 0) is 21.0 Å². The van der Waals surface area contributed by atoms with Crippen LogP contribution in [0.25, 0.3) is 0 Å². The first-order chi connectivity index (χ1) is 8.45. The molecule has 1 heterocycles. The SMILES string of the molecule is CCOC(=O)c1nc(CCN(C)C)sc1C(C)=O. The molecule has 0 aliphatic carbocycles. The molecule has 18 heavy (non-hydrogen) atoms. The maximum absolute atomic E-state index is 11.7. The van der Waals surface area contributed by atoms with Crippen molar-refractivity contribution in [2.75, 3.05) is 27.2 Å². The van der Waals surface area contributed by atoms with Crippen LogP contribution < -0.4 is 0 Å². The molecule has 0 amide bonds. The molecule has 0 saturated heterocycles. The van der Waals surface area contributed by atoms with Crippen molar-refractivity contribution < 1.29 is 14.3 Å². The summed E-state index contributed by atoms with van der Waals surface area (Å²) in [5, 5.41) is 0.789. The first-order valence-corrected chi connectivity index (χ1v) is 6.59. The monoisotopic (exact) mass is 270 g/mol. The fourth-order valence-electron chi connectivity index (χ4n) is 1.37. The number of rotatable bonds is 6. The van der Waals surface area contributed by atoms with Gasteiger partial charge < -0.3 is 9.64 Å². The number of esters is 1. The minimum atomic E-state index is -0.518. The average molecular weight is 270 g/mol. The zero-order chi connectivity index (χ0) is 13.7. The molecule has 0 unspecified atom stereocenters. The van der Waals surface area contributed by atoms with Gasteiger partial charge in [0.05, 0.1) is 11.6 Å². The zero-order valence-electron chi connectivity index (χ0n) is 11.1. The topological polar surface area (TPSA) is 59.5 Å². The smallest absolute Gasteiger partial charge is 0.358 e. The van der Waals surface area contributed by atoms with Gasteiger partial charge in [-0.1, -0.05) is 0 Å². The highest BCUT2D eigenvalue weighted by Gasteiger charge is 2.21. The summed E-state index contributed by atoms with van der Waals surface area (Å²) in [7, 11) is 3.93. The van der Waals surface area contributed by atoms with Crippen LogP contribution in [0, 0.1) is 0 Å². The summed E-state index contributed by atoms with van der Waals surface area (Å²) in [4.78, 5) is 29.8. The molecule has 0 atom stereocenters. The molecule has 1 aromatic heterocycles. The van der Waals surface area contributed by atoms with E-state index in [1.54, 1.807) is 6.92 Å². The highest BCUT2D eigenvalue weighted by atomic mass is 32.1. The summed E-state index contributed by atoms with van der Waals surface area (Å²) in [6.45, 7) is 4.27. The van der Waals surface area contributed by atoms with Gasteiger partial charge in [0.15, 0.2) is 11.5 Å². The number of ether oxygens (including phenoxy) is 1. The molecule has 100 valence electrons. The van der Waals surface area contributed by atoms with E-state index in [1.165, 1.54) is 18.3 Å². The van der Waals surface area contributed by atoms with Crippen molar-refractivity contribution >= 4 is 23.1 Å². The lowest BCUT2D eigenvalue weighted by molar-refractivity contribution is 0.0517. The second kappa shape index (κ2) is 6.61. The van der Waals surface area contributed by atoms with Gasteiger partial charge in [-0.25, -0.2) is 9.78 Å². The summed E-state index contributed by atoms with van der Waals surface area (Å²) >= 11 is 1.28. The number of carbonyl (C=O) groups excluding carboxylic acids is 2. The van der Waals surface area contributed by atoms with Crippen LogP contribution >= 0.6 is 11.3 Å². The molecule has 0 N–H and O–H groups in total. The Morgan fingerprint density at radius 3 is 2.56 bits per heavy atom. The first kappa shape index (κ1) is 14.8. The van der Waals surface area contributed by atoms with E-state index in [1.807, 2.05) is 19.0 Å². The molecular weight excluding hydrogens is 252 g/mol. The van der Waals surface area contributed by atoms with E-state index in [-0.39, 0.29) is 18.1 Å². The second-order valence-electron chi connectivity index (χ2n) is 4.12. The first-order valence-electron chi connectivity index (χ1n) is 5.78. The molecule has 6 heteroatoms. The van der Waals surface area contributed by atoms with Crippen molar-refractivity contribution in [3.63, 3.8) is 0 Å². The number of thiazole rings is 1. The van der Waals surface area contributed by atoms with Crippen LogP contribution in [-0.2, 0) is 11.2 Å². The lowest BCUT2D eigenvalue weighted by Crippen LogP contribution is -2.15. The molecule has 0 spiro atoms. The zero-order valence-corrected chi connectivity index (χ0v) is 12.0. The predicted octanol–water partition coefficient (Wildman–Crippen LogP) is 1.63. The minimum absolute atomic E-state index is 0.147. The quantitative estimate of drug-likeness (QED) is 0.581. The molecule has 5 nitrogen and oxygen atoms in total. The third kappa shape index (κ3) is 3.89. The maximum atomic E-state index is 11.7. The summed E-state index contributed by atoms with van der Waals surface area (Å²) in [5.74, 6) is -0.665. The summed E-state index contributed by atoms with van der Waals surface area (Å²) in [5.41, 5.74) is 0.156. The van der Waals surface area contributed by atoms with E-state index in [9.17, 15) is 9.59 Å². The number of Topliss-reactive ketones (excluding diaryl/α,β-unsaturated/α-hetero) is 1. The number of carbonyl (C=O) groups is 2. The van der Waals surface area contributed by atoms with Crippen molar-refractivity contribution in [3.8, 4) is 0 Å². The molecule has 1 rings (SSSR count). The molecular formula is C12H18N2O3S. The van der Waals surface area contributed by atoms with Crippen LogP contribution in [0.2, 0.25) is 0 Å². The van der Waals surface area contributed by atoms with Gasteiger partial charge >= 0.3 is 5.97 Å². The molecule has 0 aliphatic heterocycles. The van der Waals surface area contributed by atoms with Crippen molar-refractivity contribution in [2.45, 2.75) is 20.3 Å². The van der Waals surface area contributed by atoms with E-state index in [0.717, 1.165) is 18.0 Å². The molecule has 0 bridgehead atoms. The fraction of sp³-hybridized carbons (Fsp3) is 0.583. The molecule has 0 fully saturated rings. The number of aromatic nitrogens is 1. The van der Waals surface area contributed by atoms with Crippen LogP contribution in [0.15, 0.2) is 0 Å². The summed E-state index contributed by atoms with van der Waals surface area (Å²) in [6, 6.07) is 0. The predicted molar refractivity (Wildman–Crippen MR) is 70.3 cm³/mol. The molecule has 0 aliphatic rings. The Balaban J connectivity index is 2.93. The van der Waals surface area contributed by atoms with Crippen molar-refractivity contribution in [1.82, 2.24) is 9.88 Å². The minimum Gasteiger partial charge on any atom is -0.461 e. The van der Waals surface area contributed by atoms with E-state index in [0.29, 0.717) is 4.88 Å². The number of hydrogen-bond acceptors (Lipinski definition) is 6. The highest BCUT2D eigenvalue weighted by molar-refractivity contribution is 7.14. The van der Waals surface area contributed by atoms with Crippen LogP contribution in [0.3, 0.4) is 0 Å². The number of likely N-dealkylation sites (N-methyl/N-ethyl adjacent to an activating group) is 1. The second-order valence-corrected chi connectivity index (χ2v) is 5.20. The van der Waals surface area contributed by atoms with Gasteiger partial charge in [-0.3, -0.25) is 4.79 Å². The van der Waals surface area contributed by atoms with Crippen molar-refractivity contribution in [1.29, 1.82) is 0 Å². The van der Waals surface area contributed by atoms with Gasteiger partial charge in [0.25, 0.3) is 0 Å². The average Bonchev–Trinajstić information content (AvgIpc) is 2.71. The van der Waals surface area contributed by atoms with Crippen LogP contribution in [0.4, 0.5) is 0 Å². The third-order valence-corrected chi connectivity index (χ3v) is 3.45. The summed E-state index contributed by atoms with van der Waals surface area (Å²) in [6.07, 6.45) is 0.720. The standard InChI is InChI=1S/C12H18N2O3S/c1-5-17-12(16)10-11(8(2)15)18-9(13-10)6-7-14(3)4/h5-7H2,1-4H3. The lowest BCUT2D eigenvalue weighted by Gasteiger charge is -2.06. The largest absolute Gasteiger partial charge is 0.461 e. The highest BCUT2D eigenvalue weighted by Crippen LogP contribution is 2.20. The molecule has 0 radical (unpaired) electrons. The number of nitrogens with zero attached hydrogens (tertiary/aromatic N) is 2. The third-order valence-electron chi connectivity index (χ3n) is 2.23. The Labute approximate surface area is 111 Å². The molecule has 0 saturated carbocycles. The number of ketones is 1. The van der Waals surface area contributed by atoms with Crippen LogP contribution in [0.5, 0.6) is 0 Å². The van der Waals surface area contributed by atoms with E-state index >= 15 is 0 Å². The van der Waals surface area contributed by atoms with E-state index in [4.69, 9.17) is 4.74 Å². The normalized spacial score (nSPS) is 10.7. The van der Waals surface area contributed by atoms with Gasteiger partial charge in [0.1, 0.15) is 4.88 Å². The van der Waals surface area contributed by atoms with E-state index < -0.39 is 5.97 Å². The van der Waals surface area contributed by atoms with E-state index in [2.05, 4.69) is 4.98 Å². The Bertz CT molecular complexity index is 441. The Morgan fingerprint density at radius 1 is 1.39 bits per heavy atom. The Kier molecular flexibility index (Phi) is 5.43. The maximum Gasteiger partial charge on any atom is 0.358 e. The van der Waals surface area contributed by atoms with Gasteiger partial charge in [-0.15, -0.1) is 11.3 Å². The summed E-state index contributed by atoms with van der Waals surface area (Å²) < 4.78 is 4.90. The Morgan fingerprint density at radius 2 is 2.06 bits per heavy atom.